The van der Waals surface area contributed by atoms with E-state index in [1.807, 2.05) is 0 Å². The van der Waals surface area contributed by atoms with Gasteiger partial charge < -0.3 is 0 Å². The molecule has 0 bridgehead atoms. The first-order valence-electron chi connectivity index (χ1n) is 3.53. The zero-order valence-electron chi connectivity index (χ0n) is 5.85. The summed E-state index contributed by atoms with van der Waals surface area (Å²) < 4.78 is 3.35. The van der Waals surface area contributed by atoms with Crippen molar-refractivity contribution in [3.63, 3.8) is 0 Å². The first kappa shape index (κ1) is 7.46. The SMILES string of the molecule is CC[CH2][Hf][C]1=CC=CC1. The van der Waals surface area contributed by atoms with Crippen LogP contribution in [0.1, 0.15) is 19.8 Å². The Kier molecular flexibility index (Phi) is 3.49. The van der Waals surface area contributed by atoms with Crippen molar-refractivity contribution >= 4 is 0 Å². The molecular formula is C8H12Hf. The van der Waals surface area contributed by atoms with E-state index < -0.39 is 0 Å². The first-order valence-corrected chi connectivity index (χ1v) is 7.86. The van der Waals surface area contributed by atoms with Crippen LogP contribution in [0.15, 0.2) is 21.6 Å². The molecule has 0 spiro atoms. The zero-order chi connectivity index (χ0) is 6.53. The maximum atomic E-state index is 2.33. The van der Waals surface area contributed by atoms with Crippen molar-refractivity contribution in [1.82, 2.24) is 0 Å². The molecule has 0 unspecified atom stereocenters. The Hall–Kier alpha value is 0.350. The van der Waals surface area contributed by atoms with Gasteiger partial charge in [-0.3, -0.25) is 0 Å². The quantitative estimate of drug-likeness (QED) is 0.700. The molecule has 0 radical (unpaired) electrons. The van der Waals surface area contributed by atoms with Crippen molar-refractivity contribution in [2.45, 2.75) is 23.9 Å². The van der Waals surface area contributed by atoms with Gasteiger partial charge in [0.05, 0.1) is 0 Å². The zero-order valence-corrected chi connectivity index (χ0v) is 9.45. The van der Waals surface area contributed by atoms with Crippen molar-refractivity contribution < 1.29 is 22.9 Å². The van der Waals surface area contributed by atoms with E-state index in [9.17, 15) is 0 Å². The molecule has 48 valence electrons. The van der Waals surface area contributed by atoms with E-state index >= 15 is 0 Å². The van der Waals surface area contributed by atoms with E-state index in [1.165, 1.54) is 12.8 Å². The summed E-state index contributed by atoms with van der Waals surface area (Å²) >= 11 is -0.263. The Morgan fingerprint density at radius 3 is 3.11 bits per heavy atom. The van der Waals surface area contributed by atoms with Crippen LogP contribution < -0.4 is 0 Å². The Bertz CT molecular complexity index is 134. The molecule has 0 saturated carbocycles. The van der Waals surface area contributed by atoms with E-state index in [2.05, 4.69) is 25.2 Å². The molecule has 0 N–H and O–H groups in total. The average Bonchev–Trinajstić information content (AvgIpc) is 2.34. The molecule has 0 amide bonds. The van der Waals surface area contributed by atoms with E-state index in [1.54, 1.807) is 7.51 Å². The monoisotopic (exact) mass is 288 g/mol. The van der Waals surface area contributed by atoms with Crippen LogP contribution in [0.4, 0.5) is 0 Å². The summed E-state index contributed by atoms with van der Waals surface area (Å²) in [5, 5.41) is 0. The van der Waals surface area contributed by atoms with Gasteiger partial charge in [0.15, 0.2) is 0 Å². The van der Waals surface area contributed by atoms with Gasteiger partial charge >= 0.3 is 68.4 Å². The Balaban J connectivity index is 2.14. The molecule has 1 rings (SSSR count). The molecule has 0 aromatic rings. The summed E-state index contributed by atoms with van der Waals surface area (Å²) in [5.74, 6) is 0. The fraction of sp³-hybridized carbons (Fsp3) is 0.500. The van der Waals surface area contributed by atoms with Gasteiger partial charge in [-0.1, -0.05) is 0 Å². The topological polar surface area (TPSA) is 0 Å². The van der Waals surface area contributed by atoms with Gasteiger partial charge in [0, 0.05) is 0 Å². The molecule has 1 aliphatic carbocycles. The third-order valence-corrected chi connectivity index (χ3v) is 7.03. The van der Waals surface area contributed by atoms with Crippen molar-refractivity contribution in [3.8, 4) is 0 Å². The van der Waals surface area contributed by atoms with E-state index in [0.29, 0.717) is 0 Å². The number of hydrogen-bond donors (Lipinski definition) is 0. The molecular weight excluding hydrogens is 275 g/mol. The van der Waals surface area contributed by atoms with Crippen LogP contribution in [0.5, 0.6) is 0 Å². The van der Waals surface area contributed by atoms with Crippen LogP contribution >= 0.6 is 0 Å². The minimum absolute atomic E-state index is 0.263. The summed E-state index contributed by atoms with van der Waals surface area (Å²) in [4.78, 5) is 0. The van der Waals surface area contributed by atoms with Gasteiger partial charge in [0.25, 0.3) is 0 Å². The molecule has 0 aromatic carbocycles. The summed E-state index contributed by atoms with van der Waals surface area (Å²) in [7, 11) is 0. The van der Waals surface area contributed by atoms with Crippen LogP contribution in [-0.2, 0) is 22.9 Å². The molecule has 0 atom stereocenters. The Morgan fingerprint density at radius 1 is 1.67 bits per heavy atom. The van der Waals surface area contributed by atoms with Gasteiger partial charge in [0.2, 0.25) is 0 Å². The predicted molar refractivity (Wildman–Crippen MR) is 36.9 cm³/mol. The molecule has 9 heavy (non-hydrogen) atoms. The van der Waals surface area contributed by atoms with Crippen LogP contribution in [0.2, 0.25) is 4.18 Å². The van der Waals surface area contributed by atoms with Gasteiger partial charge in [-0.15, -0.1) is 0 Å². The van der Waals surface area contributed by atoms with Crippen LogP contribution in [0.3, 0.4) is 0 Å². The average molecular weight is 287 g/mol. The van der Waals surface area contributed by atoms with Crippen molar-refractivity contribution in [2.24, 2.45) is 0 Å². The summed E-state index contributed by atoms with van der Waals surface area (Å²) in [5.41, 5.74) is 0. The molecule has 0 fully saturated rings. The Labute approximate surface area is 68.4 Å². The van der Waals surface area contributed by atoms with E-state index in [0.717, 1.165) is 0 Å². The molecule has 1 heteroatoms. The van der Waals surface area contributed by atoms with E-state index in [-0.39, 0.29) is 22.9 Å². The fourth-order valence-electron chi connectivity index (χ4n) is 0.864. The summed E-state index contributed by atoms with van der Waals surface area (Å²) in [6, 6.07) is 0. The molecule has 0 heterocycles. The second-order valence-electron chi connectivity index (χ2n) is 2.25. The van der Waals surface area contributed by atoms with Gasteiger partial charge in [-0.2, -0.15) is 0 Å². The fourth-order valence-corrected chi connectivity index (χ4v) is 4.63. The number of allylic oxidation sites excluding steroid dienone is 4. The number of rotatable bonds is 3. The molecule has 0 aromatic heterocycles. The predicted octanol–water partition coefficient (Wildman–Crippen LogP) is 2.74. The third kappa shape index (κ3) is 2.61. The second-order valence-corrected chi connectivity index (χ2v) is 7.62. The molecule has 0 saturated heterocycles. The van der Waals surface area contributed by atoms with E-state index in [4.69, 9.17) is 0 Å². The van der Waals surface area contributed by atoms with Gasteiger partial charge in [0.1, 0.15) is 0 Å². The minimum atomic E-state index is -0.263. The van der Waals surface area contributed by atoms with Crippen molar-refractivity contribution in [1.29, 1.82) is 0 Å². The molecule has 1 aliphatic rings. The maximum absolute atomic E-state index is 2.33. The van der Waals surface area contributed by atoms with Crippen molar-refractivity contribution in [2.75, 3.05) is 0 Å². The van der Waals surface area contributed by atoms with Crippen LogP contribution in [0, 0.1) is 0 Å². The van der Waals surface area contributed by atoms with Gasteiger partial charge in [-0.05, 0) is 0 Å². The third-order valence-electron chi connectivity index (χ3n) is 1.37. The standard InChI is InChI=1S/C5H5.C3H7.Hf/c1-2-4-5-3-1;1-3-2;/h1-3H,4H2;1,3H2,2H3;. The molecule has 0 nitrogen and oxygen atoms in total. The van der Waals surface area contributed by atoms with Gasteiger partial charge in [-0.25, -0.2) is 0 Å². The van der Waals surface area contributed by atoms with Crippen molar-refractivity contribution in [3.05, 3.63) is 21.6 Å². The number of hydrogen-bond acceptors (Lipinski definition) is 0. The summed E-state index contributed by atoms with van der Waals surface area (Å²) in [6.45, 7) is 2.29. The molecule has 0 aliphatic heterocycles. The summed E-state index contributed by atoms with van der Waals surface area (Å²) in [6.07, 6.45) is 9.51. The normalized spacial score (nSPS) is 15.9. The van der Waals surface area contributed by atoms with Crippen LogP contribution in [0.25, 0.3) is 0 Å². The second kappa shape index (κ2) is 4.21. The Morgan fingerprint density at radius 2 is 2.56 bits per heavy atom. The first-order chi connectivity index (χ1) is 4.43. The van der Waals surface area contributed by atoms with Crippen LogP contribution in [-0.4, -0.2) is 0 Å².